The van der Waals surface area contributed by atoms with Gasteiger partial charge in [-0.25, -0.2) is 4.98 Å². The highest BCUT2D eigenvalue weighted by atomic mass is 32.1. The van der Waals surface area contributed by atoms with Crippen LogP contribution in [0.4, 0.5) is 5.88 Å². The Hall–Kier alpha value is -3.51. The molecule has 2 N–H and O–H groups in total. The molecule has 1 amide bonds. The molecule has 1 heterocycles. The molecule has 0 aliphatic heterocycles. The van der Waals surface area contributed by atoms with Gasteiger partial charge in [-0.3, -0.25) is 10.1 Å². The first-order valence-electron chi connectivity index (χ1n) is 8.98. The van der Waals surface area contributed by atoms with E-state index >= 15 is 0 Å². The molecular formula is C23H18N2O3S. The molecule has 29 heavy (non-hydrogen) atoms. The minimum Gasteiger partial charge on any atom is -0.507 e. The van der Waals surface area contributed by atoms with Gasteiger partial charge in [-0.15, -0.1) is 12.6 Å². The lowest BCUT2D eigenvalue weighted by molar-refractivity contribution is -0.114. The van der Waals surface area contributed by atoms with E-state index in [0.29, 0.717) is 22.7 Å². The molecule has 1 aromatic heterocycles. The van der Waals surface area contributed by atoms with E-state index < -0.39 is 0 Å². The highest BCUT2D eigenvalue weighted by Crippen LogP contribution is 2.39. The molecule has 0 fully saturated rings. The van der Waals surface area contributed by atoms with Crippen LogP contribution in [0.15, 0.2) is 82.1 Å². The predicted molar refractivity (Wildman–Crippen MR) is 116 cm³/mol. The van der Waals surface area contributed by atoms with Crippen molar-refractivity contribution in [2.75, 3.05) is 5.32 Å². The first-order chi connectivity index (χ1) is 14.0. The number of rotatable bonds is 4. The molecule has 4 aromatic rings. The summed E-state index contributed by atoms with van der Waals surface area (Å²) in [4.78, 5) is 17.1. The van der Waals surface area contributed by atoms with Gasteiger partial charge in [0.2, 0.25) is 17.7 Å². The molecule has 4 rings (SSSR count). The first kappa shape index (κ1) is 18.8. The van der Waals surface area contributed by atoms with Crippen molar-refractivity contribution in [3.05, 3.63) is 72.8 Å². The van der Waals surface area contributed by atoms with Crippen molar-refractivity contribution in [1.82, 2.24) is 4.98 Å². The van der Waals surface area contributed by atoms with Crippen LogP contribution in [0.1, 0.15) is 6.92 Å². The van der Waals surface area contributed by atoms with E-state index in [0.717, 1.165) is 16.0 Å². The summed E-state index contributed by atoms with van der Waals surface area (Å²) in [5, 5.41) is 13.0. The number of amides is 1. The number of phenols is 1. The molecule has 6 heteroatoms. The SMILES string of the molecule is CC(=O)Nc1oc(-c2ccccc2-c2ccccc2O)nc1-c1cccc(S)c1. The molecular weight excluding hydrogens is 384 g/mol. The topological polar surface area (TPSA) is 75.4 Å². The number of carbonyl (C=O) groups excluding carboxylic acids is 1. The molecule has 144 valence electrons. The van der Waals surface area contributed by atoms with Crippen LogP contribution >= 0.6 is 12.6 Å². The van der Waals surface area contributed by atoms with E-state index in [4.69, 9.17) is 4.42 Å². The third-order valence-electron chi connectivity index (χ3n) is 4.39. The number of nitrogens with one attached hydrogen (secondary N) is 1. The van der Waals surface area contributed by atoms with Gasteiger partial charge in [-0.05, 0) is 29.8 Å². The van der Waals surface area contributed by atoms with Crippen LogP contribution in [0.3, 0.4) is 0 Å². The number of hydrogen-bond donors (Lipinski definition) is 3. The van der Waals surface area contributed by atoms with Crippen molar-refractivity contribution in [1.29, 1.82) is 0 Å². The largest absolute Gasteiger partial charge is 0.507 e. The average molecular weight is 402 g/mol. The Balaban J connectivity index is 1.89. The van der Waals surface area contributed by atoms with Gasteiger partial charge >= 0.3 is 0 Å². The minimum atomic E-state index is -0.259. The monoisotopic (exact) mass is 402 g/mol. The molecule has 0 atom stereocenters. The summed E-state index contributed by atoms with van der Waals surface area (Å²) >= 11 is 4.39. The summed E-state index contributed by atoms with van der Waals surface area (Å²) in [5.41, 5.74) is 3.43. The fourth-order valence-corrected chi connectivity index (χ4v) is 3.36. The van der Waals surface area contributed by atoms with Crippen molar-refractivity contribution in [2.45, 2.75) is 11.8 Å². The standard InChI is InChI=1S/C23H18N2O3S/c1-14(26)24-23-21(15-7-6-8-16(29)13-15)25-22(28-23)19-11-3-2-9-17(19)18-10-4-5-12-20(18)27/h2-13,27,29H,1H3,(H,24,26). The summed E-state index contributed by atoms with van der Waals surface area (Å²) < 4.78 is 5.96. The number of aromatic nitrogens is 1. The zero-order chi connectivity index (χ0) is 20.4. The number of carbonyl (C=O) groups is 1. The Labute approximate surface area is 173 Å². The van der Waals surface area contributed by atoms with Crippen molar-refractivity contribution in [3.63, 3.8) is 0 Å². The van der Waals surface area contributed by atoms with Gasteiger partial charge in [-0.2, -0.15) is 0 Å². The predicted octanol–water partition coefficient (Wildman–Crippen LogP) is 5.63. The maximum Gasteiger partial charge on any atom is 0.229 e. The molecule has 3 aromatic carbocycles. The van der Waals surface area contributed by atoms with Crippen molar-refractivity contribution in [2.24, 2.45) is 0 Å². The van der Waals surface area contributed by atoms with E-state index in [1.54, 1.807) is 12.1 Å². The number of benzene rings is 3. The van der Waals surface area contributed by atoms with Gasteiger partial charge in [0.15, 0.2) is 0 Å². The molecule has 0 bridgehead atoms. The fraction of sp³-hybridized carbons (Fsp3) is 0.0435. The number of hydrogen-bond acceptors (Lipinski definition) is 5. The van der Waals surface area contributed by atoms with Crippen LogP contribution in [0, 0.1) is 0 Å². The van der Waals surface area contributed by atoms with Gasteiger partial charge in [0.05, 0.1) is 0 Å². The summed E-state index contributed by atoms with van der Waals surface area (Å²) in [6.07, 6.45) is 0. The maximum atomic E-state index is 11.7. The quantitative estimate of drug-likeness (QED) is 0.387. The maximum absolute atomic E-state index is 11.7. The van der Waals surface area contributed by atoms with Crippen molar-refractivity contribution >= 4 is 24.4 Å². The Kier molecular flexibility index (Phi) is 5.10. The summed E-state index contributed by atoms with van der Waals surface area (Å²) in [6, 6.07) is 22.0. The number of para-hydroxylation sites is 1. The highest BCUT2D eigenvalue weighted by Gasteiger charge is 2.20. The van der Waals surface area contributed by atoms with Gasteiger partial charge in [0.25, 0.3) is 0 Å². The number of anilines is 1. The molecule has 0 spiro atoms. The Morgan fingerprint density at radius 3 is 2.34 bits per heavy atom. The van der Waals surface area contributed by atoms with E-state index in [-0.39, 0.29) is 17.5 Å². The minimum absolute atomic E-state index is 0.164. The molecule has 0 aliphatic carbocycles. The van der Waals surface area contributed by atoms with Crippen LogP contribution in [0.2, 0.25) is 0 Å². The van der Waals surface area contributed by atoms with E-state index in [1.165, 1.54) is 6.92 Å². The average Bonchev–Trinajstić information content (AvgIpc) is 3.11. The number of nitrogens with zero attached hydrogens (tertiary/aromatic N) is 1. The van der Waals surface area contributed by atoms with Gasteiger partial charge < -0.3 is 9.52 Å². The second kappa shape index (κ2) is 7.85. The molecule has 0 saturated carbocycles. The number of aromatic hydroxyl groups is 1. The Morgan fingerprint density at radius 1 is 0.966 bits per heavy atom. The van der Waals surface area contributed by atoms with Gasteiger partial charge in [-0.1, -0.05) is 48.5 Å². The number of phenolic OH excluding ortho intramolecular Hbond substituents is 1. The normalized spacial score (nSPS) is 10.7. The van der Waals surface area contributed by atoms with E-state index in [2.05, 4.69) is 22.9 Å². The lowest BCUT2D eigenvalue weighted by atomic mass is 9.99. The van der Waals surface area contributed by atoms with Crippen molar-refractivity contribution in [3.8, 4) is 39.6 Å². The Morgan fingerprint density at radius 2 is 1.66 bits per heavy atom. The van der Waals surface area contributed by atoms with Crippen LogP contribution in [-0.4, -0.2) is 16.0 Å². The molecule has 0 aliphatic rings. The third-order valence-corrected chi connectivity index (χ3v) is 4.67. The fourth-order valence-electron chi connectivity index (χ4n) is 3.13. The zero-order valence-electron chi connectivity index (χ0n) is 15.6. The molecule has 0 unspecified atom stereocenters. The lowest BCUT2D eigenvalue weighted by Crippen LogP contribution is -2.05. The zero-order valence-corrected chi connectivity index (χ0v) is 16.5. The van der Waals surface area contributed by atoms with Gasteiger partial charge in [0, 0.05) is 28.5 Å². The summed E-state index contributed by atoms with van der Waals surface area (Å²) in [6.45, 7) is 1.41. The van der Waals surface area contributed by atoms with Crippen LogP contribution in [0.5, 0.6) is 5.75 Å². The van der Waals surface area contributed by atoms with Gasteiger partial charge in [0.1, 0.15) is 11.4 Å². The first-order valence-corrected chi connectivity index (χ1v) is 9.43. The van der Waals surface area contributed by atoms with E-state index in [1.807, 2.05) is 60.7 Å². The number of oxazole rings is 1. The van der Waals surface area contributed by atoms with Crippen LogP contribution < -0.4 is 5.32 Å². The molecule has 5 nitrogen and oxygen atoms in total. The molecule has 0 radical (unpaired) electrons. The summed E-state index contributed by atoms with van der Waals surface area (Å²) in [5.74, 6) is 0.507. The molecule has 0 saturated heterocycles. The van der Waals surface area contributed by atoms with Crippen LogP contribution in [-0.2, 0) is 4.79 Å². The second-order valence-electron chi connectivity index (χ2n) is 6.49. The smallest absolute Gasteiger partial charge is 0.229 e. The van der Waals surface area contributed by atoms with Crippen LogP contribution in [0.25, 0.3) is 33.8 Å². The van der Waals surface area contributed by atoms with E-state index in [9.17, 15) is 9.90 Å². The Bertz CT molecular complexity index is 1200. The lowest BCUT2D eigenvalue weighted by Gasteiger charge is -2.08. The van der Waals surface area contributed by atoms with Crippen molar-refractivity contribution < 1.29 is 14.3 Å². The summed E-state index contributed by atoms with van der Waals surface area (Å²) in [7, 11) is 0. The number of thiol groups is 1. The highest BCUT2D eigenvalue weighted by molar-refractivity contribution is 7.80. The second-order valence-corrected chi connectivity index (χ2v) is 7.01. The third kappa shape index (κ3) is 3.88.